The van der Waals surface area contributed by atoms with Crippen molar-refractivity contribution in [2.75, 3.05) is 0 Å². The second-order valence-electron chi connectivity index (χ2n) is 4.84. The van der Waals surface area contributed by atoms with Crippen LogP contribution >= 0.6 is 0 Å². The van der Waals surface area contributed by atoms with E-state index in [1.54, 1.807) is 19.9 Å². The van der Waals surface area contributed by atoms with E-state index in [0.29, 0.717) is 6.42 Å². The molecule has 1 N–H and O–H groups in total. The molecule has 0 spiro atoms. The summed E-state index contributed by atoms with van der Waals surface area (Å²) in [5, 5.41) is 2.59. The minimum Gasteiger partial charge on any atom is -0.445 e. The highest BCUT2D eigenvalue weighted by atomic mass is 16.5. The van der Waals surface area contributed by atoms with Crippen molar-refractivity contribution in [3.05, 3.63) is 48.6 Å². The van der Waals surface area contributed by atoms with Crippen LogP contribution in [0.1, 0.15) is 25.8 Å². The zero-order chi connectivity index (χ0) is 15.0. The first-order valence-electron chi connectivity index (χ1n) is 6.66. The van der Waals surface area contributed by atoms with E-state index in [4.69, 9.17) is 4.74 Å². The zero-order valence-electron chi connectivity index (χ0n) is 12.0. The molecule has 0 saturated heterocycles. The highest BCUT2D eigenvalue weighted by Crippen LogP contribution is 2.06. The average Bonchev–Trinajstić information content (AvgIpc) is 2.45. The molecule has 1 rings (SSSR count). The van der Waals surface area contributed by atoms with Gasteiger partial charge in [-0.3, -0.25) is 4.79 Å². The SMILES string of the molecule is C=CCC(NC(=O)OCc1ccccc1)C(=O)C(C)C. The number of ketones is 1. The summed E-state index contributed by atoms with van der Waals surface area (Å²) in [6, 6.07) is 8.81. The number of carbonyl (C=O) groups is 2. The zero-order valence-corrected chi connectivity index (χ0v) is 12.0. The van der Waals surface area contributed by atoms with Crippen molar-refractivity contribution in [3.63, 3.8) is 0 Å². The van der Waals surface area contributed by atoms with Crippen molar-refractivity contribution >= 4 is 11.9 Å². The molecular formula is C16H21NO3. The third-order valence-electron chi connectivity index (χ3n) is 2.82. The van der Waals surface area contributed by atoms with Crippen LogP contribution in [0.2, 0.25) is 0 Å². The Hall–Kier alpha value is -2.10. The van der Waals surface area contributed by atoms with E-state index >= 15 is 0 Å². The maximum Gasteiger partial charge on any atom is 0.408 e. The van der Waals surface area contributed by atoms with Gasteiger partial charge in [0.25, 0.3) is 0 Å². The van der Waals surface area contributed by atoms with Crippen LogP contribution in [0.15, 0.2) is 43.0 Å². The van der Waals surface area contributed by atoms with Crippen LogP contribution in [0.4, 0.5) is 4.79 Å². The van der Waals surface area contributed by atoms with Crippen molar-refractivity contribution in [1.82, 2.24) is 5.32 Å². The fraction of sp³-hybridized carbons (Fsp3) is 0.375. The lowest BCUT2D eigenvalue weighted by Crippen LogP contribution is -2.42. The lowest BCUT2D eigenvalue weighted by molar-refractivity contribution is -0.123. The van der Waals surface area contributed by atoms with E-state index in [2.05, 4.69) is 11.9 Å². The van der Waals surface area contributed by atoms with Gasteiger partial charge < -0.3 is 10.1 Å². The molecule has 1 atom stereocenters. The molecule has 0 aliphatic heterocycles. The molecule has 108 valence electrons. The van der Waals surface area contributed by atoms with E-state index in [1.165, 1.54) is 0 Å². The molecular weight excluding hydrogens is 254 g/mol. The molecule has 0 saturated carbocycles. The van der Waals surface area contributed by atoms with Crippen molar-refractivity contribution < 1.29 is 14.3 Å². The summed E-state index contributed by atoms with van der Waals surface area (Å²) >= 11 is 0. The molecule has 0 aliphatic rings. The van der Waals surface area contributed by atoms with Crippen LogP contribution in [-0.2, 0) is 16.1 Å². The summed E-state index contributed by atoms with van der Waals surface area (Å²) in [5.41, 5.74) is 0.901. The molecule has 1 aromatic rings. The van der Waals surface area contributed by atoms with Gasteiger partial charge in [0, 0.05) is 5.92 Å². The lowest BCUT2D eigenvalue weighted by Gasteiger charge is -2.17. The molecule has 4 heteroatoms. The molecule has 0 aromatic heterocycles. The molecule has 1 aromatic carbocycles. The van der Waals surface area contributed by atoms with Gasteiger partial charge in [0.2, 0.25) is 0 Å². The third kappa shape index (κ3) is 5.26. The maximum atomic E-state index is 11.9. The first kappa shape index (κ1) is 16.0. The Morgan fingerprint density at radius 2 is 1.95 bits per heavy atom. The minimum absolute atomic E-state index is 0.0263. The van der Waals surface area contributed by atoms with Gasteiger partial charge in [0.05, 0.1) is 6.04 Å². The van der Waals surface area contributed by atoms with Gasteiger partial charge in [0.15, 0.2) is 5.78 Å². The normalized spacial score (nSPS) is 11.8. The second kappa shape index (κ2) is 8.15. The number of carbonyl (C=O) groups excluding carboxylic acids is 2. The van der Waals surface area contributed by atoms with Crippen LogP contribution in [0.3, 0.4) is 0 Å². The molecule has 0 heterocycles. The molecule has 1 unspecified atom stereocenters. The minimum atomic E-state index is -0.588. The number of amides is 1. The largest absolute Gasteiger partial charge is 0.445 e. The van der Waals surface area contributed by atoms with Gasteiger partial charge >= 0.3 is 6.09 Å². The van der Waals surface area contributed by atoms with Gasteiger partial charge in [-0.05, 0) is 12.0 Å². The van der Waals surface area contributed by atoms with Crippen LogP contribution in [0, 0.1) is 5.92 Å². The topological polar surface area (TPSA) is 55.4 Å². The number of alkyl carbamates (subject to hydrolysis) is 1. The maximum absolute atomic E-state index is 11.9. The summed E-state index contributed by atoms with van der Waals surface area (Å²) in [5.74, 6) is -0.170. The fourth-order valence-electron chi connectivity index (χ4n) is 1.72. The Labute approximate surface area is 119 Å². The van der Waals surface area contributed by atoms with Crippen molar-refractivity contribution in [1.29, 1.82) is 0 Å². The van der Waals surface area contributed by atoms with Crippen LogP contribution in [-0.4, -0.2) is 17.9 Å². The van der Waals surface area contributed by atoms with Gasteiger partial charge in [0.1, 0.15) is 6.61 Å². The first-order chi connectivity index (χ1) is 9.54. The second-order valence-corrected chi connectivity index (χ2v) is 4.84. The van der Waals surface area contributed by atoms with Gasteiger partial charge in [-0.15, -0.1) is 6.58 Å². The molecule has 0 radical (unpaired) electrons. The predicted molar refractivity (Wildman–Crippen MR) is 78.2 cm³/mol. The number of nitrogens with one attached hydrogen (secondary N) is 1. The number of ether oxygens (including phenoxy) is 1. The van der Waals surface area contributed by atoms with E-state index in [0.717, 1.165) is 5.56 Å². The summed E-state index contributed by atoms with van der Waals surface area (Å²) < 4.78 is 5.10. The molecule has 1 amide bonds. The summed E-state index contributed by atoms with van der Waals surface area (Å²) in [7, 11) is 0. The highest BCUT2D eigenvalue weighted by Gasteiger charge is 2.22. The van der Waals surface area contributed by atoms with Crippen LogP contribution < -0.4 is 5.32 Å². The smallest absolute Gasteiger partial charge is 0.408 e. The van der Waals surface area contributed by atoms with E-state index in [1.807, 2.05) is 30.3 Å². The number of hydrogen-bond acceptors (Lipinski definition) is 3. The average molecular weight is 275 g/mol. The van der Waals surface area contributed by atoms with E-state index < -0.39 is 12.1 Å². The summed E-state index contributed by atoms with van der Waals surface area (Å²) in [4.78, 5) is 23.6. The number of Topliss-reactive ketones (excluding diaryl/α,β-unsaturated/α-hetero) is 1. The van der Waals surface area contributed by atoms with Crippen molar-refractivity contribution in [2.45, 2.75) is 32.9 Å². The van der Waals surface area contributed by atoms with E-state index in [-0.39, 0.29) is 18.3 Å². The third-order valence-corrected chi connectivity index (χ3v) is 2.82. The quantitative estimate of drug-likeness (QED) is 0.778. The predicted octanol–water partition coefficient (Wildman–Crippen LogP) is 3.08. The van der Waals surface area contributed by atoms with Gasteiger partial charge in [-0.2, -0.15) is 0 Å². The Balaban J connectivity index is 2.49. The Morgan fingerprint density at radius 3 is 2.50 bits per heavy atom. The van der Waals surface area contributed by atoms with Crippen LogP contribution in [0.5, 0.6) is 0 Å². The Bertz CT molecular complexity index is 454. The van der Waals surface area contributed by atoms with Gasteiger partial charge in [-0.1, -0.05) is 50.3 Å². The van der Waals surface area contributed by atoms with Crippen LogP contribution in [0.25, 0.3) is 0 Å². The highest BCUT2D eigenvalue weighted by molar-refractivity contribution is 5.88. The molecule has 20 heavy (non-hydrogen) atoms. The fourth-order valence-corrected chi connectivity index (χ4v) is 1.72. The Kier molecular flexibility index (Phi) is 6.50. The standard InChI is InChI=1S/C16H21NO3/c1-4-8-14(15(18)12(2)3)17-16(19)20-11-13-9-6-5-7-10-13/h4-7,9-10,12,14H,1,8,11H2,2-3H3,(H,17,19). The molecule has 4 nitrogen and oxygen atoms in total. The monoisotopic (exact) mass is 275 g/mol. The van der Waals surface area contributed by atoms with Crippen molar-refractivity contribution in [3.8, 4) is 0 Å². The number of rotatable bonds is 7. The molecule has 0 aliphatic carbocycles. The van der Waals surface area contributed by atoms with Crippen molar-refractivity contribution in [2.24, 2.45) is 5.92 Å². The number of hydrogen-bond donors (Lipinski definition) is 1. The van der Waals surface area contributed by atoms with E-state index in [9.17, 15) is 9.59 Å². The number of benzene rings is 1. The lowest BCUT2D eigenvalue weighted by atomic mass is 9.99. The first-order valence-corrected chi connectivity index (χ1v) is 6.66. The summed E-state index contributed by atoms with van der Waals surface area (Å²) in [6.45, 7) is 7.38. The Morgan fingerprint density at radius 1 is 1.30 bits per heavy atom. The molecule has 0 bridgehead atoms. The summed E-state index contributed by atoms with van der Waals surface area (Å²) in [6.07, 6.45) is 1.43. The molecule has 0 fully saturated rings. The van der Waals surface area contributed by atoms with Gasteiger partial charge in [-0.25, -0.2) is 4.79 Å².